The third-order valence-electron chi connectivity index (χ3n) is 4.00. The summed E-state index contributed by atoms with van der Waals surface area (Å²) in [7, 11) is 0. The molecule has 1 saturated heterocycles. The topological polar surface area (TPSA) is 20.3 Å². The van der Waals surface area contributed by atoms with Gasteiger partial charge in [-0.1, -0.05) is 35.7 Å². The Morgan fingerprint density at radius 1 is 1.37 bits per heavy atom. The van der Waals surface area contributed by atoms with Gasteiger partial charge in [0.05, 0.1) is 0 Å². The van der Waals surface area contributed by atoms with E-state index in [0.717, 1.165) is 41.0 Å². The number of aldehydes is 1. The summed E-state index contributed by atoms with van der Waals surface area (Å²) in [4.78, 5) is 13.6. The molecular weight excluding hydrogens is 302 g/mol. The van der Waals surface area contributed by atoms with Crippen LogP contribution in [0.25, 0.3) is 0 Å². The minimum Gasteiger partial charge on any atom is -0.371 e. The van der Waals surface area contributed by atoms with Crippen LogP contribution in [-0.4, -0.2) is 19.4 Å². The van der Waals surface area contributed by atoms with E-state index in [1.54, 1.807) is 0 Å². The monoisotopic (exact) mass is 323 g/mol. The molecule has 1 aliphatic heterocycles. The Labute approximate surface area is 124 Å². The van der Waals surface area contributed by atoms with Crippen LogP contribution in [0.3, 0.4) is 0 Å². The van der Waals surface area contributed by atoms with Crippen LogP contribution in [0.5, 0.6) is 0 Å². The van der Waals surface area contributed by atoms with E-state index >= 15 is 0 Å². The molecule has 104 valence electrons. The van der Waals surface area contributed by atoms with Gasteiger partial charge in [-0.15, -0.1) is 0 Å². The van der Waals surface area contributed by atoms with Crippen molar-refractivity contribution in [1.29, 1.82) is 0 Å². The Balaban J connectivity index is 2.11. The predicted octanol–water partition coefficient (Wildman–Crippen LogP) is 4.67. The molecule has 0 aromatic heterocycles. The van der Waals surface area contributed by atoms with Gasteiger partial charge >= 0.3 is 0 Å². The average molecular weight is 324 g/mol. The fourth-order valence-electron chi connectivity index (χ4n) is 3.01. The van der Waals surface area contributed by atoms with Gasteiger partial charge in [0.25, 0.3) is 0 Å². The fourth-order valence-corrected chi connectivity index (χ4v) is 3.39. The van der Waals surface area contributed by atoms with Gasteiger partial charge in [0, 0.05) is 28.8 Å². The van der Waals surface area contributed by atoms with Gasteiger partial charge in [-0.05, 0) is 43.4 Å². The fraction of sp³-hybridized carbons (Fsp3) is 0.562. The van der Waals surface area contributed by atoms with Gasteiger partial charge in [0.15, 0.2) is 6.29 Å². The summed E-state index contributed by atoms with van der Waals surface area (Å²) in [6, 6.07) is 6.00. The van der Waals surface area contributed by atoms with Gasteiger partial charge in [-0.2, -0.15) is 0 Å². The number of carbonyl (C=O) groups excluding carboxylic acids is 1. The summed E-state index contributed by atoms with van der Waals surface area (Å²) < 4.78 is 0.969. The molecule has 1 atom stereocenters. The first-order valence-electron chi connectivity index (χ1n) is 7.24. The van der Waals surface area contributed by atoms with Crippen molar-refractivity contribution in [2.45, 2.75) is 39.0 Å². The Morgan fingerprint density at radius 3 is 2.95 bits per heavy atom. The Kier molecular flexibility index (Phi) is 5.44. The first-order chi connectivity index (χ1) is 9.24. The summed E-state index contributed by atoms with van der Waals surface area (Å²) >= 11 is 3.43. The van der Waals surface area contributed by atoms with Gasteiger partial charge in [-0.3, -0.25) is 4.79 Å². The highest BCUT2D eigenvalue weighted by Crippen LogP contribution is 2.28. The molecular formula is C16H22BrNO. The normalized spacial score (nSPS) is 20.1. The summed E-state index contributed by atoms with van der Waals surface area (Å²) in [6.07, 6.45) is 7.41. The molecule has 0 spiro atoms. The average Bonchev–Trinajstić information content (AvgIpc) is 2.65. The second-order valence-electron chi connectivity index (χ2n) is 5.39. The Bertz CT molecular complexity index is 433. The number of halogens is 1. The lowest BCUT2D eigenvalue weighted by atomic mass is 9.96. The van der Waals surface area contributed by atoms with Crippen LogP contribution in [0, 0.1) is 5.92 Å². The van der Waals surface area contributed by atoms with Crippen molar-refractivity contribution < 1.29 is 4.79 Å². The molecule has 1 aromatic rings. The Morgan fingerprint density at radius 2 is 2.21 bits per heavy atom. The largest absolute Gasteiger partial charge is 0.371 e. The number of anilines is 1. The number of hydrogen-bond acceptors (Lipinski definition) is 2. The number of carbonyl (C=O) groups is 1. The smallest absolute Gasteiger partial charge is 0.152 e. The van der Waals surface area contributed by atoms with E-state index in [4.69, 9.17) is 0 Å². The van der Waals surface area contributed by atoms with Crippen LogP contribution in [0.15, 0.2) is 22.7 Å². The molecule has 1 fully saturated rings. The van der Waals surface area contributed by atoms with Gasteiger partial charge in [0.2, 0.25) is 0 Å². The number of rotatable bonds is 4. The molecule has 0 aliphatic carbocycles. The number of benzene rings is 1. The maximum atomic E-state index is 11.2. The molecule has 19 heavy (non-hydrogen) atoms. The van der Waals surface area contributed by atoms with E-state index in [2.05, 4.69) is 33.8 Å². The highest BCUT2D eigenvalue weighted by molar-refractivity contribution is 9.10. The van der Waals surface area contributed by atoms with Crippen molar-refractivity contribution in [2.75, 3.05) is 18.0 Å². The summed E-state index contributed by atoms with van der Waals surface area (Å²) in [5, 5.41) is 0. The first-order valence-corrected chi connectivity index (χ1v) is 8.03. The summed E-state index contributed by atoms with van der Waals surface area (Å²) in [5.41, 5.74) is 1.89. The zero-order valence-electron chi connectivity index (χ0n) is 11.6. The van der Waals surface area contributed by atoms with Crippen molar-refractivity contribution >= 4 is 27.9 Å². The number of hydrogen-bond donors (Lipinski definition) is 0. The van der Waals surface area contributed by atoms with Crippen LogP contribution < -0.4 is 4.90 Å². The Hall–Kier alpha value is -0.830. The molecule has 0 N–H and O–H groups in total. The maximum Gasteiger partial charge on any atom is 0.152 e. The molecule has 0 bridgehead atoms. The first kappa shape index (κ1) is 14.6. The van der Waals surface area contributed by atoms with Gasteiger partial charge < -0.3 is 4.90 Å². The minimum absolute atomic E-state index is 0.795. The predicted molar refractivity (Wildman–Crippen MR) is 84.0 cm³/mol. The molecule has 1 aliphatic rings. The van der Waals surface area contributed by atoms with Crippen molar-refractivity contribution in [2.24, 2.45) is 5.92 Å². The van der Waals surface area contributed by atoms with Crippen molar-refractivity contribution in [1.82, 2.24) is 0 Å². The van der Waals surface area contributed by atoms with Crippen LogP contribution >= 0.6 is 15.9 Å². The molecule has 1 unspecified atom stereocenters. The highest BCUT2D eigenvalue weighted by Gasteiger charge is 2.18. The minimum atomic E-state index is 0.795. The lowest BCUT2D eigenvalue weighted by Crippen LogP contribution is -2.25. The molecule has 2 nitrogen and oxygen atoms in total. The molecule has 2 rings (SSSR count). The van der Waals surface area contributed by atoms with E-state index in [-0.39, 0.29) is 0 Å². The maximum absolute atomic E-state index is 11.2. The van der Waals surface area contributed by atoms with Crippen LogP contribution in [-0.2, 0) is 0 Å². The molecule has 1 aromatic carbocycles. The SMILES string of the molecule is CCCC1CCCN(c2ccc(Br)cc2C=O)CC1. The molecule has 0 radical (unpaired) electrons. The molecule has 0 saturated carbocycles. The van der Waals surface area contributed by atoms with E-state index in [1.165, 1.54) is 32.1 Å². The zero-order valence-corrected chi connectivity index (χ0v) is 13.2. The standard InChI is InChI=1S/C16H22BrNO/c1-2-4-13-5-3-9-18(10-8-13)16-7-6-15(17)11-14(16)12-19/h6-7,11-13H,2-5,8-10H2,1H3. The number of nitrogens with zero attached hydrogens (tertiary/aromatic N) is 1. The van der Waals surface area contributed by atoms with E-state index in [0.29, 0.717) is 0 Å². The van der Waals surface area contributed by atoms with E-state index < -0.39 is 0 Å². The van der Waals surface area contributed by atoms with Crippen molar-refractivity contribution in [3.8, 4) is 0 Å². The van der Waals surface area contributed by atoms with E-state index in [1.807, 2.05) is 12.1 Å². The van der Waals surface area contributed by atoms with Crippen LogP contribution in [0.4, 0.5) is 5.69 Å². The van der Waals surface area contributed by atoms with Crippen molar-refractivity contribution in [3.63, 3.8) is 0 Å². The zero-order chi connectivity index (χ0) is 13.7. The second kappa shape index (κ2) is 7.09. The highest BCUT2D eigenvalue weighted by atomic mass is 79.9. The third-order valence-corrected chi connectivity index (χ3v) is 4.50. The van der Waals surface area contributed by atoms with Gasteiger partial charge in [-0.25, -0.2) is 0 Å². The lowest BCUT2D eigenvalue weighted by molar-refractivity contribution is 0.112. The van der Waals surface area contributed by atoms with E-state index in [9.17, 15) is 4.79 Å². The quantitative estimate of drug-likeness (QED) is 0.750. The van der Waals surface area contributed by atoms with Gasteiger partial charge in [0.1, 0.15) is 0 Å². The summed E-state index contributed by atoms with van der Waals surface area (Å²) in [5.74, 6) is 0.866. The second-order valence-corrected chi connectivity index (χ2v) is 6.31. The molecule has 1 heterocycles. The van der Waals surface area contributed by atoms with Crippen molar-refractivity contribution in [3.05, 3.63) is 28.2 Å². The third kappa shape index (κ3) is 3.82. The summed E-state index contributed by atoms with van der Waals surface area (Å²) in [6.45, 7) is 4.41. The van der Waals surface area contributed by atoms with Crippen LogP contribution in [0.1, 0.15) is 49.4 Å². The van der Waals surface area contributed by atoms with Crippen LogP contribution in [0.2, 0.25) is 0 Å². The lowest BCUT2D eigenvalue weighted by Gasteiger charge is -2.24. The molecule has 3 heteroatoms. The molecule has 0 amide bonds.